The van der Waals surface area contributed by atoms with Crippen molar-refractivity contribution >= 4 is 0 Å². The number of ether oxygens (including phenoxy) is 1. The number of hydrogen-bond acceptors (Lipinski definition) is 2. The molecule has 0 rings (SSSR count). The van der Waals surface area contributed by atoms with Gasteiger partial charge in [-0.15, -0.1) is 0 Å². The van der Waals surface area contributed by atoms with Crippen LogP contribution in [0, 0.1) is 0 Å². The van der Waals surface area contributed by atoms with Gasteiger partial charge in [0.15, 0.2) is 0 Å². The van der Waals surface area contributed by atoms with Gasteiger partial charge in [-0.1, -0.05) is 6.92 Å². The van der Waals surface area contributed by atoms with E-state index in [2.05, 4.69) is 33.0 Å². The van der Waals surface area contributed by atoms with Crippen LogP contribution in [0.4, 0.5) is 0 Å². The first kappa shape index (κ1) is 10.9. The highest BCUT2D eigenvalue weighted by molar-refractivity contribution is 4.58. The molecule has 0 bridgehead atoms. The summed E-state index contributed by atoms with van der Waals surface area (Å²) in [6.07, 6.45) is 1.19. The van der Waals surface area contributed by atoms with E-state index in [1.54, 1.807) is 0 Å². The monoisotopic (exact) mass is 159 g/mol. The van der Waals surface area contributed by atoms with Gasteiger partial charge in [-0.2, -0.15) is 0 Å². The van der Waals surface area contributed by atoms with Crippen LogP contribution < -0.4 is 5.32 Å². The van der Waals surface area contributed by atoms with E-state index in [1.165, 1.54) is 6.42 Å². The van der Waals surface area contributed by atoms with Crippen molar-refractivity contribution in [3.63, 3.8) is 0 Å². The third kappa shape index (κ3) is 9.92. The van der Waals surface area contributed by atoms with E-state index < -0.39 is 0 Å². The summed E-state index contributed by atoms with van der Waals surface area (Å²) in [6, 6.07) is 0. The number of nitrogens with one attached hydrogen (secondary N) is 1. The van der Waals surface area contributed by atoms with Crippen LogP contribution in [-0.2, 0) is 4.74 Å². The quantitative estimate of drug-likeness (QED) is 0.618. The van der Waals surface area contributed by atoms with Crippen LogP contribution in [0.3, 0.4) is 0 Å². The predicted molar refractivity (Wildman–Crippen MR) is 48.9 cm³/mol. The molecule has 0 spiro atoms. The molecule has 68 valence electrons. The van der Waals surface area contributed by atoms with Gasteiger partial charge in [-0.3, -0.25) is 0 Å². The Morgan fingerprint density at radius 3 is 2.27 bits per heavy atom. The fraction of sp³-hybridized carbons (Fsp3) is 1.00. The van der Waals surface area contributed by atoms with Crippen molar-refractivity contribution in [1.82, 2.24) is 5.32 Å². The maximum atomic E-state index is 5.51. The second kappa shape index (κ2) is 5.56. The van der Waals surface area contributed by atoms with E-state index in [4.69, 9.17) is 4.74 Å². The Morgan fingerprint density at radius 1 is 1.18 bits per heavy atom. The third-order valence-corrected chi connectivity index (χ3v) is 1.24. The molecule has 0 aromatic carbocycles. The highest BCUT2D eigenvalue weighted by Crippen LogP contribution is 2.04. The Balaban J connectivity index is 3.02. The fourth-order valence-electron chi connectivity index (χ4n) is 0.731. The van der Waals surface area contributed by atoms with Crippen molar-refractivity contribution in [2.24, 2.45) is 0 Å². The van der Waals surface area contributed by atoms with E-state index in [9.17, 15) is 0 Å². The van der Waals surface area contributed by atoms with E-state index in [1.807, 2.05) is 0 Å². The van der Waals surface area contributed by atoms with Crippen molar-refractivity contribution in [3.8, 4) is 0 Å². The van der Waals surface area contributed by atoms with Gasteiger partial charge < -0.3 is 10.1 Å². The third-order valence-electron chi connectivity index (χ3n) is 1.24. The minimum absolute atomic E-state index is 0.00783. The molecule has 1 N–H and O–H groups in total. The highest BCUT2D eigenvalue weighted by Gasteiger charge is 2.08. The molecule has 0 saturated carbocycles. The van der Waals surface area contributed by atoms with E-state index in [-0.39, 0.29) is 5.60 Å². The summed E-state index contributed by atoms with van der Waals surface area (Å²) in [6.45, 7) is 11.3. The first-order chi connectivity index (χ1) is 5.06. The number of rotatable bonds is 5. The maximum Gasteiger partial charge on any atom is 0.0599 e. The predicted octanol–water partition coefficient (Wildman–Crippen LogP) is 1.80. The molecule has 0 aliphatic rings. The first-order valence-corrected chi connectivity index (χ1v) is 4.41. The first-order valence-electron chi connectivity index (χ1n) is 4.41. The molecule has 0 saturated heterocycles. The van der Waals surface area contributed by atoms with Crippen LogP contribution in [0.1, 0.15) is 34.1 Å². The molecular weight excluding hydrogens is 138 g/mol. The molecule has 0 atom stereocenters. The number of hydrogen-bond donors (Lipinski definition) is 1. The zero-order chi connectivity index (χ0) is 8.74. The molecule has 2 heteroatoms. The van der Waals surface area contributed by atoms with Crippen molar-refractivity contribution in [2.45, 2.75) is 39.7 Å². The average Bonchev–Trinajstić information content (AvgIpc) is 1.85. The summed E-state index contributed by atoms with van der Waals surface area (Å²) >= 11 is 0. The zero-order valence-electron chi connectivity index (χ0n) is 8.24. The smallest absolute Gasteiger partial charge is 0.0599 e. The maximum absolute atomic E-state index is 5.51. The summed E-state index contributed by atoms with van der Waals surface area (Å²) in [7, 11) is 0. The Morgan fingerprint density at radius 2 is 1.82 bits per heavy atom. The van der Waals surface area contributed by atoms with Crippen LogP contribution in [0.5, 0.6) is 0 Å². The van der Waals surface area contributed by atoms with Gasteiger partial charge in [0.25, 0.3) is 0 Å². The Bertz CT molecular complexity index is 86.1. The molecule has 0 amide bonds. The van der Waals surface area contributed by atoms with Crippen molar-refractivity contribution in [2.75, 3.05) is 19.7 Å². The van der Waals surface area contributed by atoms with Gasteiger partial charge in [0.2, 0.25) is 0 Å². The molecular formula is C9H21NO. The van der Waals surface area contributed by atoms with Gasteiger partial charge in [-0.05, 0) is 33.7 Å². The van der Waals surface area contributed by atoms with Crippen molar-refractivity contribution in [3.05, 3.63) is 0 Å². The lowest BCUT2D eigenvalue weighted by Crippen LogP contribution is -2.26. The summed E-state index contributed by atoms with van der Waals surface area (Å²) in [4.78, 5) is 0. The van der Waals surface area contributed by atoms with Gasteiger partial charge in [0, 0.05) is 6.54 Å². The van der Waals surface area contributed by atoms with Gasteiger partial charge in [0.1, 0.15) is 0 Å². The van der Waals surface area contributed by atoms with Gasteiger partial charge in [0.05, 0.1) is 12.2 Å². The van der Waals surface area contributed by atoms with Crippen LogP contribution in [0.2, 0.25) is 0 Å². The Hall–Kier alpha value is -0.0800. The topological polar surface area (TPSA) is 21.3 Å². The summed E-state index contributed by atoms with van der Waals surface area (Å²) in [5, 5.41) is 3.28. The largest absolute Gasteiger partial charge is 0.375 e. The van der Waals surface area contributed by atoms with Gasteiger partial charge >= 0.3 is 0 Å². The highest BCUT2D eigenvalue weighted by atomic mass is 16.5. The molecule has 0 heterocycles. The lowest BCUT2D eigenvalue weighted by Gasteiger charge is -2.19. The molecule has 0 unspecified atom stereocenters. The SMILES string of the molecule is CCCNCCOC(C)(C)C. The second-order valence-electron chi connectivity index (χ2n) is 3.71. The lowest BCUT2D eigenvalue weighted by atomic mass is 10.2. The molecule has 0 aliphatic carbocycles. The lowest BCUT2D eigenvalue weighted by molar-refractivity contribution is -0.000723. The molecule has 11 heavy (non-hydrogen) atoms. The molecule has 0 fully saturated rings. The van der Waals surface area contributed by atoms with Crippen molar-refractivity contribution < 1.29 is 4.74 Å². The normalized spacial score (nSPS) is 12.0. The Kier molecular flexibility index (Phi) is 5.51. The molecule has 0 aromatic rings. The fourth-order valence-corrected chi connectivity index (χ4v) is 0.731. The standard InChI is InChI=1S/C9H21NO/c1-5-6-10-7-8-11-9(2,3)4/h10H,5-8H2,1-4H3. The van der Waals surface area contributed by atoms with Crippen LogP contribution >= 0.6 is 0 Å². The molecule has 0 radical (unpaired) electrons. The molecule has 0 aliphatic heterocycles. The zero-order valence-corrected chi connectivity index (χ0v) is 8.24. The molecule has 2 nitrogen and oxygen atoms in total. The van der Waals surface area contributed by atoms with E-state index in [0.717, 1.165) is 19.7 Å². The average molecular weight is 159 g/mol. The summed E-state index contributed by atoms with van der Waals surface area (Å²) < 4.78 is 5.51. The minimum Gasteiger partial charge on any atom is -0.375 e. The minimum atomic E-state index is 0.00783. The van der Waals surface area contributed by atoms with Crippen LogP contribution in [0.15, 0.2) is 0 Å². The van der Waals surface area contributed by atoms with Gasteiger partial charge in [-0.25, -0.2) is 0 Å². The second-order valence-corrected chi connectivity index (χ2v) is 3.71. The van der Waals surface area contributed by atoms with Crippen LogP contribution in [0.25, 0.3) is 0 Å². The Labute approximate surface area is 70.3 Å². The van der Waals surface area contributed by atoms with Crippen molar-refractivity contribution in [1.29, 1.82) is 0 Å². The van der Waals surface area contributed by atoms with Crippen LogP contribution in [-0.4, -0.2) is 25.3 Å². The summed E-state index contributed by atoms with van der Waals surface area (Å²) in [5.74, 6) is 0. The summed E-state index contributed by atoms with van der Waals surface area (Å²) in [5.41, 5.74) is 0.00783. The van der Waals surface area contributed by atoms with E-state index in [0.29, 0.717) is 0 Å². The molecule has 0 aromatic heterocycles. The van der Waals surface area contributed by atoms with E-state index >= 15 is 0 Å².